The molecule has 0 amide bonds. The van der Waals surface area contributed by atoms with E-state index < -0.39 is 18.7 Å². The first-order chi connectivity index (χ1) is 8.78. The van der Waals surface area contributed by atoms with E-state index in [1.165, 1.54) is 4.67 Å². The summed E-state index contributed by atoms with van der Waals surface area (Å²) in [5.74, 6) is 0.0962. The lowest BCUT2D eigenvalue weighted by molar-refractivity contribution is -0.151. The highest BCUT2D eigenvalue weighted by molar-refractivity contribution is 8.55. The van der Waals surface area contributed by atoms with Gasteiger partial charge >= 0.3 is 12.7 Å². The van der Waals surface area contributed by atoms with Crippen LogP contribution in [0.2, 0.25) is 0 Å². The van der Waals surface area contributed by atoms with Crippen molar-refractivity contribution >= 4 is 24.1 Å². The number of carbonyl (C=O) groups is 1. The van der Waals surface area contributed by atoms with Crippen molar-refractivity contribution < 1.29 is 18.6 Å². The first kappa shape index (κ1) is 18.9. The molecule has 0 aliphatic carbocycles. The second kappa shape index (κ2) is 8.97. The Morgan fingerprint density at radius 3 is 2.42 bits per heavy atom. The Morgan fingerprint density at radius 1 is 1.42 bits per heavy atom. The van der Waals surface area contributed by atoms with Gasteiger partial charge in [0.2, 0.25) is 0 Å². The number of hydrogen-bond acceptors (Lipinski definition) is 6. The molecular weight excluding hydrogens is 287 g/mol. The molecule has 2 N–H and O–H groups in total. The molecule has 19 heavy (non-hydrogen) atoms. The zero-order valence-electron chi connectivity index (χ0n) is 12.3. The van der Waals surface area contributed by atoms with Gasteiger partial charge in [0.1, 0.15) is 6.04 Å². The van der Waals surface area contributed by atoms with Gasteiger partial charge in [-0.15, -0.1) is 0 Å². The van der Waals surface area contributed by atoms with Gasteiger partial charge in [0.05, 0.1) is 12.7 Å². The molecule has 0 saturated heterocycles. The standard InChI is InChI=1S/C11H25N2O4PS/c1-6-16-18(15,19-8-7-12)13(5)10(4)11(14)17-9(2)3/h9-10H,6-8,12H2,1-5H3/t10-,18?/m0/s1. The molecule has 0 aromatic rings. The molecular formula is C11H25N2O4PS. The molecule has 0 aliphatic rings. The molecule has 0 radical (unpaired) electrons. The van der Waals surface area contributed by atoms with Crippen LogP contribution in [0.1, 0.15) is 27.7 Å². The number of nitrogens with two attached hydrogens (primary N) is 1. The number of rotatable bonds is 9. The van der Waals surface area contributed by atoms with E-state index in [1.54, 1.807) is 34.7 Å². The highest BCUT2D eigenvalue weighted by Crippen LogP contribution is 2.62. The topological polar surface area (TPSA) is 81.9 Å². The first-order valence-corrected chi connectivity index (χ1v) is 9.48. The summed E-state index contributed by atoms with van der Waals surface area (Å²) >= 11 is 1.15. The number of nitrogens with zero attached hydrogens (tertiary/aromatic N) is 1. The third-order valence-corrected chi connectivity index (χ3v) is 7.37. The summed E-state index contributed by atoms with van der Waals surface area (Å²) in [5, 5.41) is 0. The molecule has 114 valence electrons. The summed E-state index contributed by atoms with van der Waals surface area (Å²) in [7, 11) is 1.60. The number of carbonyl (C=O) groups excluding carboxylic acids is 1. The molecule has 0 saturated carbocycles. The minimum absolute atomic E-state index is 0.202. The fourth-order valence-electron chi connectivity index (χ4n) is 1.25. The van der Waals surface area contributed by atoms with Crippen molar-refractivity contribution in [2.75, 3.05) is 26.0 Å². The van der Waals surface area contributed by atoms with E-state index in [9.17, 15) is 9.36 Å². The lowest BCUT2D eigenvalue weighted by Crippen LogP contribution is -2.36. The Labute approximate surface area is 119 Å². The lowest BCUT2D eigenvalue weighted by Gasteiger charge is -2.30. The fraction of sp³-hybridized carbons (Fsp3) is 0.909. The van der Waals surface area contributed by atoms with E-state index >= 15 is 0 Å². The molecule has 0 spiro atoms. The van der Waals surface area contributed by atoms with Crippen LogP contribution in [0.3, 0.4) is 0 Å². The van der Waals surface area contributed by atoms with Crippen LogP contribution in [0.25, 0.3) is 0 Å². The van der Waals surface area contributed by atoms with Gasteiger partial charge in [-0.1, -0.05) is 11.4 Å². The van der Waals surface area contributed by atoms with Crippen LogP contribution in [0.15, 0.2) is 0 Å². The van der Waals surface area contributed by atoms with Gasteiger partial charge in [0, 0.05) is 12.3 Å². The minimum Gasteiger partial charge on any atom is -0.462 e. The molecule has 2 atom stereocenters. The van der Waals surface area contributed by atoms with Crippen LogP contribution < -0.4 is 5.73 Å². The summed E-state index contributed by atoms with van der Waals surface area (Å²) in [5.41, 5.74) is 5.43. The Kier molecular flexibility index (Phi) is 8.94. The largest absolute Gasteiger partial charge is 0.462 e. The van der Waals surface area contributed by atoms with E-state index in [0.29, 0.717) is 18.9 Å². The Hall–Kier alpha value is -0.0700. The van der Waals surface area contributed by atoms with Gasteiger partial charge in [0.15, 0.2) is 0 Å². The van der Waals surface area contributed by atoms with Crippen molar-refractivity contribution in [1.29, 1.82) is 0 Å². The van der Waals surface area contributed by atoms with Crippen LogP contribution in [0, 0.1) is 0 Å². The molecule has 0 aliphatic heterocycles. The molecule has 0 heterocycles. The first-order valence-electron chi connectivity index (χ1n) is 6.31. The Morgan fingerprint density at radius 2 is 2.00 bits per heavy atom. The lowest BCUT2D eigenvalue weighted by atomic mass is 10.3. The second-order valence-corrected chi connectivity index (χ2v) is 8.90. The maximum Gasteiger partial charge on any atom is 0.329 e. The highest BCUT2D eigenvalue weighted by atomic mass is 32.7. The van der Waals surface area contributed by atoms with Crippen LogP contribution in [-0.4, -0.2) is 48.7 Å². The monoisotopic (exact) mass is 312 g/mol. The highest BCUT2D eigenvalue weighted by Gasteiger charge is 2.36. The number of ether oxygens (including phenoxy) is 1. The normalized spacial score (nSPS) is 16.4. The number of hydrogen-bond donors (Lipinski definition) is 1. The smallest absolute Gasteiger partial charge is 0.329 e. The Bertz CT molecular complexity index is 328. The quantitative estimate of drug-likeness (QED) is 0.515. The summed E-state index contributed by atoms with van der Waals surface area (Å²) in [6.07, 6.45) is -0.202. The summed E-state index contributed by atoms with van der Waals surface area (Å²) in [6.45, 7) is 4.57. The van der Waals surface area contributed by atoms with E-state index in [0.717, 1.165) is 11.4 Å². The molecule has 0 bridgehead atoms. The Balaban J connectivity index is 4.82. The maximum atomic E-state index is 12.7. The van der Waals surface area contributed by atoms with Crippen molar-refractivity contribution in [2.45, 2.75) is 39.8 Å². The second-order valence-electron chi connectivity index (χ2n) is 4.24. The molecule has 0 rings (SSSR count). The van der Waals surface area contributed by atoms with Crippen LogP contribution >= 0.6 is 18.1 Å². The van der Waals surface area contributed by atoms with Crippen molar-refractivity contribution in [2.24, 2.45) is 5.73 Å². The third kappa shape index (κ3) is 6.27. The summed E-state index contributed by atoms with van der Waals surface area (Å²) in [6, 6.07) is -0.634. The van der Waals surface area contributed by atoms with Crippen LogP contribution in [-0.2, 0) is 18.6 Å². The number of likely N-dealkylation sites (N-methyl/N-ethyl adjacent to an activating group) is 1. The van der Waals surface area contributed by atoms with Crippen molar-refractivity contribution in [3.05, 3.63) is 0 Å². The minimum atomic E-state index is -3.11. The van der Waals surface area contributed by atoms with Crippen LogP contribution in [0.4, 0.5) is 0 Å². The van der Waals surface area contributed by atoms with E-state index in [-0.39, 0.29) is 6.10 Å². The number of esters is 1. The van der Waals surface area contributed by atoms with Gasteiger partial charge in [-0.2, -0.15) is 0 Å². The molecule has 0 fully saturated rings. The van der Waals surface area contributed by atoms with E-state index in [1.807, 2.05) is 0 Å². The molecule has 0 aromatic carbocycles. The molecule has 1 unspecified atom stereocenters. The van der Waals surface area contributed by atoms with Gasteiger partial charge in [-0.3, -0.25) is 9.36 Å². The summed E-state index contributed by atoms with van der Waals surface area (Å²) < 4.78 is 24.6. The SMILES string of the molecule is CCOP(=O)(SCCN)N(C)[C@@H](C)C(=O)OC(C)C. The molecule has 8 heteroatoms. The average Bonchev–Trinajstić information content (AvgIpc) is 2.34. The zero-order valence-corrected chi connectivity index (χ0v) is 14.0. The predicted molar refractivity (Wildman–Crippen MR) is 79.2 cm³/mol. The van der Waals surface area contributed by atoms with Gasteiger partial charge in [0.25, 0.3) is 0 Å². The van der Waals surface area contributed by atoms with E-state index in [4.69, 9.17) is 15.0 Å². The van der Waals surface area contributed by atoms with Crippen molar-refractivity contribution in [3.8, 4) is 0 Å². The van der Waals surface area contributed by atoms with Crippen molar-refractivity contribution in [1.82, 2.24) is 4.67 Å². The predicted octanol–water partition coefficient (Wildman–Crippen LogP) is 2.09. The van der Waals surface area contributed by atoms with Gasteiger partial charge in [-0.05, 0) is 34.7 Å². The van der Waals surface area contributed by atoms with Gasteiger partial charge in [-0.25, -0.2) is 4.67 Å². The average molecular weight is 312 g/mol. The maximum absolute atomic E-state index is 12.7. The molecule has 6 nitrogen and oxygen atoms in total. The molecule has 0 aromatic heterocycles. The van der Waals surface area contributed by atoms with E-state index in [2.05, 4.69) is 0 Å². The van der Waals surface area contributed by atoms with Gasteiger partial charge < -0.3 is 15.0 Å². The van der Waals surface area contributed by atoms with Crippen LogP contribution in [0.5, 0.6) is 0 Å². The van der Waals surface area contributed by atoms with Crippen molar-refractivity contribution in [3.63, 3.8) is 0 Å². The summed E-state index contributed by atoms with van der Waals surface area (Å²) in [4.78, 5) is 11.8. The fourth-order valence-corrected chi connectivity index (χ4v) is 5.38. The third-order valence-electron chi connectivity index (χ3n) is 2.30. The zero-order chi connectivity index (χ0) is 15.1.